The van der Waals surface area contributed by atoms with Crippen molar-refractivity contribution < 1.29 is 18.0 Å². The van der Waals surface area contributed by atoms with Gasteiger partial charge in [0.2, 0.25) is 21.8 Å². The van der Waals surface area contributed by atoms with E-state index in [0.717, 1.165) is 22.9 Å². The van der Waals surface area contributed by atoms with Crippen molar-refractivity contribution in [2.24, 2.45) is 0 Å². The van der Waals surface area contributed by atoms with Gasteiger partial charge < -0.3 is 10.2 Å². The second-order valence-corrected chi connectivity index (χ2v) is 13.5. The average Bonchev–Trinajstić information content (AvgIpc) is 2.91. The number of sulfonamides is 1. The Labute approximate surface area is 259 Å². The van der Waals surface area contributed by atoms with Gasteiger partial charge in [-0.15, -0.1) is 0 Å². The smallest absolute Gasteiger partial charge is 0.243 e. The minimum Gasteiger partial charge on any atom is -0.352 e. The SMILES string of the molecule is Cc1cccc(N(CCCC(=O)N(Cc2c(Cl)cccc2Cl)C(Cc2ccccc2)C(=O)NC(C)C)S(C)(=O)=O)c1C. The first-order chi connectivity index (χ1) is 19.8. The summed E-state index contributed by atoms with van der Waals surface area (Å²) in [6.45, 7) is 7.66. The lowest BCUT2D eigenvalue weighted by Crippen LogP contribution is -2.52. The number of nitrogens with zero attached hydrogens (tertiary/aromatic N) is 2. The molecule has 42 heavy (non-hydrogen) atoms. The van der Waals surface area contributed by atoms with Crippen LogP contribution < -0.4 is 9.62 Å². The highest BCUT2D eigenvalue weighted by Crippen LogP contribution is 2.29. The lowest BCUT2D eigenvalue weighted by atomic mass is 10.0. The van der Waals surface area contributed by atoms with Gasteiger partial charge in [-0.2, -0.15) is 0 Å². The van der Waals surface area contributed by atoms with Gasteiger partial charge >= 0.3 is 0 Å². The number of rotatable bonds is 13. The number of anilines is 1. The third-order valence-corrected chi connectivity index (χ3v) is 8.98. The summed E-state index contributed by atoms with van der Waals surface area (Å²) < 4.78 is 26.9. The summed E-state index contributed by atoms with van der Waals surface area (Å²) in [5.74, 6) is -0.598. The summed E-state index contributed by atoms with van der Waals surface area (Å²) in [6, 6.07) is 19.1. The molecule has 0 radical (unpaired) electrons. The number of halogens is 2. The van der Waals surface area contributed by atoms with Crippen LogP contribution in [0.4, 0.5) is 5.69 Å². The maximum Gasteiger partial charge on any atom is 0.243 e. The molecule has 0 bridgehead atoms. The van der Waals surface area contributed by atoms with Crippen molar-refractivity contribution in [3.63, 3.8) is 0 Å². The van der Waals surface area contributed by atoms with Gasteiger partial charge in [0.1, 0.15) is 6.04 Å². The standard InChI is InChI=1S/C32H39Cl2N3O4S/c1-22(2)35-32(39)30(20-25-13-7-6-8-14-25)36(21-26-27(33)15-10-16-28(26)34)31(38)18-11-19-37(42(5,40)41)29-17-9-12-23(3)24(29)4/h6-10,12-17,22,30H,11,18-21H2,1-5H3,(H,35,39). The first kappa shape index (κ1) is 33.4. The van der Waals surface area contributed by atoms with Crippen molar-refractivity contribution in [1.82, 2.24) is 10.2 Å². The van der Waals surface area contributed by atoms with Gasteiger partial charge in [-0.05, 0) is 69.0 Å². The summed E-state index contributed by atoms with van der Waals surface area (Å²) in [6.07, 6.45) is 1.70. The van der Waals surface area contributed by atoms with Crippen LogP contribution in [0.3, 0.4) is 0 Å². The lowest BCUT2D eigenvalue weighted by molar-refractivity contribution is -0.141. The van der Waals surface area contributed by atoms with Gasteiger partial charge in [-0.25, -0.2) is 8.42 Å². The predicted molar refractivity (Wildman–Crippen MR) is 172 cm³/mol. The van der Waals surface area contributed by atoms with E-state index in [1.54, 1.807) is 24.3 Å². The van der Waals surface area contributed by atoms with Crippen LogP contribution in [0.25, 0.3) is 0 Å². The Bertz CT molecular complexity index is 1480. The normalized spacial score (nSPS) is 12.2. The zero-order valence-corrected chi connectivity index (χ0v) is 27.1. The van der Waals surface area contributed by atoms with Gasteiger partial charge in [0.05, 0.1) is 11.9 Å². The molecule has 1 N–H and O–H groups in total. The molecule has 3 rings (SSSR count). The largest absolute Gasteiger partial charge is 0.352 e. The van der Waals surface area contributed by atoms with Crippen molar-refractivity contribution in [2.45, 2.75) is 65.6 Å². The molecule has 0 saturated carbocycles. The van der Waals surface area contributed by atoms with Crippen molar-refractivity contribution in [3.8, 4) is 0 Å². The second-order valence-electron chi connectivity index (χ2n) is 10.7. The summed E-state index contributed by atoms with van der Waals surface area (Å²) in [5, 5.41) is 3.73. The number of benzene rings is 3. The van der Waals surface area contributed by atoms with Crippen molar-refractivity contribution in [1.29, 1.82) is 0 Å². The molecule has 3 aromatic rings. The molecule has 0 saturated heterocycles. The number of carbonyl (C=O) groups excluding carboxylic acids is 2. The van der Waals surface area contributed by atoms with Crippen LogP contribution in [-0.2, 0) is 32.6 Å². The van der Waals surface area contributed by atoms with E-state index in [0.29, 0.717) is 21.3 Å². The van der Waals surface area contributed by atoms with E-state index >= 15 is 0 Å². The molecular formula is C32H39Cl2N3O4S. The number of carbonyl (C=O) groups is 2. The maximum atomic E-state index is 14.0. The van der Waals surface area contributed by atoms with Gasteiger partial charge in [0.25, 0.3) is 0 Å². The lowest BCUT2D eigenvalue weighted by Gasteiger charge is -2.33. The van der Waals surface area contributed by atoms with E-state index < -0.39 is 16.1 Å². The van der Waals surface area contributed by atoms with Gasteiger partial charge in [0, 0.05) is 47.6 Å². The van der Waals surface area contributed by atoms with Gasteiger partial charge in [-0.3, -0.25) is 13.9 Å². The zero-order chi connectivity index (χ0) is 31.0. The number of aryl methyl sites for hydroxylation is 1. The topological polar surface area (TPSA) is 86.8 Å². The van der Waals surface area contributed by atoms with E-state index in [9.17, 15) is 18.0 Å². The van der Waals surface area contributed by atoms with Crippen LogP contribution in [-0.4, -0.2) is 50.0 Å². The van der Waals surface area contributed by atoms with Crippen LogP contribution in [0.15, 0.2) is 66.7 Å². The summed E-state index contributed by atoms with van der Waals surface area (Å²) >= 11 is 13.0. The summed E-state index contributed by atoms with van der Waals surface area (Å²) in [4.78, 5) is 29.1. The first-order valence-corrected chi connectivity index (χ1v) is 16.5. The first-order valence-electron chi connectivity index (χ1n) is 13.9. The fourth-order valence-electron chi connectivity index (χ4n) is 4.78. The van der Waals surface area contributed by atoms with E-state index in [1.807, 2.05) is 70.2 Å². The highest BCUT2D eigenvalue weighted by Gasteiger charge is 2.32. The molecule has 2 amide bonds. The maximum absolute atomic E-state index is 14.0. The molecule has 0 spiro atoms. The Morgan fingerprint density at radius 2 is 1.52 bits per heavy atom. The molecule has 10 heteroatoms. The summed E-state index contributed by atoms with van der Waals surface area (Å²) in [5.41, 5.74) is 3.85. The minimum atomic E-state index is -3.61. The molecular weight excluding hydrogens is 593 g/mol. The van der Waals surface area contributed by atoms with Gasteiger partial charge in [0.15, 0.2) is 0 Å². The van der Waals surface area contributed by atoms with Crippen LogP contribution >= 0.6 is 23.2 Å². The van der Waals surface area contributed by atoms with Crippen LogP contribution in [0.2, 0.25) is 10.0 Å². The number of nitrogens with one attached hydrogen (secondary N) is 1. The highest BCUT2D eigenvalue weighted by atomic mass is 35.5. The average molecular weight is 633 g/mol. The Morgan fingerprint density at radius 1 is 0.905 bits per heavy atom. The fourth-order valence-corrected chi connectivity index (χ4v) is 6.31. The van der Waals surface area contributed by atoms with E-state index in [-0.39, 0.29) is 50.2 Å². The number of amides is 2. The van der Waals surface area contributed by atoms with E-state index in [1.165, 1.54) is 9.21 Å². The van der Waals surface area contributed by atoms with Crippen molar-refractivity contribution >= 4 is 50.7 Å². The van der Waals surface area contributed by atoms with Crippen molar-refractivity contribution in [2.75, 3.05) is 17.1 Å². The molecule has 1 atom stereocenters. The number of hydrogen-bond donors (Lipinski definition) is 1. The van der Waals surface area contributed by atoms with Crippen LogP contribution in [0.5, 0.6) is 0 Å². The van der Waals surface area contributed by atoms with Crippen molar-refractivity contribution in [3.05, 3.63) is 99.0 Å². The Kier molecular flexibility index (Phi) is 11.9. The quantitative estimate of drug-likeness (QED) is 0.239. The third-order valence-electron chi connectivity index (χ3n) is 7.09. The Morgan fingerprint density at radius 3 is 2.12 bits per heavy atom. The monoisotopic (exact) mass is 631 g/mol. The van der Waals surface area contributed by atoms with E-state index in [2.05, 4.69) is 5.32 Å². The molecule has 0 fully saturated rings. The second kappa shape index (κ2) is 14.9. The molecule has 0 aliphatic rings. The minimum absolute atomic E-state index is 0.0131. The molecule has 3 aromatic carbocycles. The fraction of sp³-hybridized carbons (Fsp3) is 0.375. The predicted octanol–water partition coefficient (Wildman–Crippen LogP) is 6.32. The Balaban J connectivity index is 1.94. The molecule has 0 aliphatic heterocycles. The molecule has 0 aliphatic carbocycles. The molecule has 1 unspecified atom stereocenters. The summed E-state index contributed by atoms with van der Waals surface area (Å²) in [7, 11) is -3.61. The third kappa shape index (κ3) is 8.96. The Hall–Kier alpha value is -3.07. The molecule has 0 heterocycles. The molecule has 7 nitrogen and oxygen atoms in total. The van der Waals surface area contributed by atoms with E-state index in [4.69, 9.17) is 23.2 Å². The van der Waals surface area contributed by atoms with Crippen LogP contribution in [0, 0.1) is 13.8 Å². The van der Waals surface area contributed by atoms with Gasteiger partial charge in [-0.1, -0.05) is 71.7 Å². The molecule has 226 valence electrons. The van der Waals surface area contributed by atoms with Crippen LogP contribution in [0.1, 0.15) is 48.9 Å². The zero-order valence-electron chi connectivity index (χ0n) is 24.7. The number of hydrogen-bond acceptors (Lipinski definition) is 4. The molecule has 0 aromatic heterocycles. The highest BCUT2D eigenvalue weighted by molar-refractivity contribution is 7.92.